The molecule has 12 rings (SSSR count). The summed E-state index contributed by atoms with van der Waals surface area (Å²) in [4.78, 5) is 10.7. The van der Waals surface area contributed by atoms with E-state index in [1.54, 1.807) is 0 Å². The summed E-state index contributed by atoms with van der Waals surface area (Å²) >= 11 is 0. The van der Waals surface area contributed by atoms with Crippen LogP contribution in [0.25, 0.3) is 116 Å². The third-order valence-corrected chi connectivity index (χ3v) is 12.0. The van der Waals surface area contributed by atoms with Gasteiger partial charge in [-0.2, -0.15) is 0 Å². The van der Waals surface area contributed by atoms with Crippen molar-refractivity contribution < 1.29 is 0 Å². The van der Waals surface area contributed by atoms with Gasteiger partial charge in [0.05, 0.1) is 22.4 Å². The van der Waals surface area contributed by atoms with Gasteiger partial charge < -0.3 is 4.57 Å². The molecule has 2 heterocycles. The number of aromatic nitrogens is 3. The molecule has 0 saturated heterocycles. The van der Waals surface area contributed by atoms with Crippen LogP contribution >= 0.6 is 0 Å². The van der Waals surface area contributed by atoms with Gasteiger partial charge in [-0.15, -0.1) is 0 Å². The number of nitrogens with zero attached hydrogens (tertiary/aromatic N) is 3. The molecule has 0 spiro atoms. The Balaban J connectivity index is 1.12. The molecule has 0 N–H and O–H groups in total. The lowest BCUT2D eigenvalue weighted by molar-refractivity contribution is 1.18. The Bertz CT molecular complexity index is 3600. The molecule has 274 valence electrons. The highest BCUT2D eigenvalue weighted by atomic mass is 15.0. The van der Waals surface area contributed by atoms with Crippen LogP contribution in [-0.4, -0.2) is 14.5 Å². The minimum Gasteiger partial charge on any atom is -0.309 e. The zero-order valence-electron chi connectivity index (χ0n) is 32.0. The first kappa shape index (κ1) is 33.3. The molecule has 10 aromatic carbocycles. The van der Waals surface area contributed by atoms with Gasteiger partial charge in [0, 0.05) is 33.2 Å². The Morgan fingerprint density at radius 3 is 1.71 bits per heavy atom. The second kappa shape index (κ2) is 13.4. The zero-order valence-corrected chi connectivity index (χ0v) is 32.0. The molecule has 3 nitrogen and oxygen atoms in total. The van der Waals surface area contributed by atoms with Crippen LogP contribution in [0.4, 0.5) is 0 Å². The third kappa shape index (κ3) is 5.29. The maximum atomic E-state index is 5.36. The van der Waals surface area contributed by atoms with Crippen LogP contribution in [-0.2, 0) is 0 Å². The topological polar surface area (TPSA) is 30.7 Å². The van der Waals surface area contributed by atoms with Crippen molar-refractivity contribution in [2.45, 2.75) is 0 Å². The molecule has 0 atom stereocenters. The number of hydrogen-bond donors (Lipinski definition) is 0. The van der Waals surface area contributed by atoms with Crippen LogP contribution in [0.1, 0.15) is 0 Å². The lowest BCUT2D eigenvalue weighted by atomic mass is 9.86. The van der Waals surface area contributed by atoms with Crippen LogP contribution in [0.2, 0.25) is 0 Å². The molecule has 0 radical (unpaired) electrons. The van der Waals surface area contributed by atoms with E-state index in [1.807, 2.05) is 6.07 Å². The van der Waals surface area contributed by atoms with Crippen molar-refractivity contribution in [3.8, 4) is 50.7 Å². The molecule has 0 amide bonds. The first-order valence-electron chi connectivity index (χ1n) is 20.2. The Morgan fingerprint density at radius 2 is 0.915 bits per heavy atom. The molecule has 0 bridgehead atoms. The Kier molecular flexibility index (Phi) is 7.54. The van der Waals surface area contributed by atoms with Gasteiger partial charge in [0.1, 0.15) is 0 Å². The van der Waals surface area contributed by atoms with Crippen molar-refractivity contribution in [3.63, 3.8) is 0 Å². The number of para-hydroxylation sites is 2. The standard InChI is InChI=1S/C56H35N3/c1-3-17-37(18-4-1)56-57-50(35-51(58-56)47-27-15-29-53-55(47)48-26-13-14-28-52(48)59(53)39-20-5-2-6-21-39)44-32-33-45(43-25-12-11-24-42(43)44)54-41-23-10-8-19-38(41)34-49-40-22-9-7-16-36(40)30-31-46(49)54/h1-35H. The highest BCUT2D eigenvalue weighted by molar-refractivity contribution is 6.23. The summed E-state index contributed by atoms with van der Waals surface area (Å²) in [5.41, 5.74) is 10.8. The lowest BCUT2D eigenvalue weighted by Crippen LogP contribution is -1.97. The normalized spacial score (nSPS) is 11.7. The summed E-state index contributed by atoms with van der Waals surface area (Å²) in [7, 11) is 0. The molecule has 3 heteroatoms. The maximum Gasteiger partial charge on any atom is 0.160 e. The SMILES string of the molecule is c1ccc(-c2nc(-c3ccc(-c4c5ccccc5cc5c4ccc4ccccc45)c4ccccc34)cc(-c3cccc4c3c3ccccc3n4-c3ccccc3)n2)cc1. The van der Waals surface area contributed by atoms with Crippen molar-refractivity contribution in [1.29, 1.82) is 0 Å². The van der Waals surface area contributed by atoms with E-state index >= 15 is 0 Å². The minimum absolute atomic E-state index is 0.696. The fraction of sp³-hybridized carbons (Fsp3) is 0. The average Bonchev–Trinajstić information content (AvgIpc) is 3.65. The van der Waals surface area contributed by atoms with Crippen molar-refractivity contribution in [2.24, 2.45) is 0 Å². The van der Waals surface area contributed by atoms with Gasteiger partial charge in [0.15, 0.2) is 5.82 Å². The van der Waals surface area contributed by atoms with E-state index in [-0.39, 0.29) is 0 Å². The molecule has 0 aliphatic carbocycles. The van der Waals surface area contributed by atoms with Gasteiger partial charge in [-0.25, -0.2) is 9.97 Å². The summed E-state index contributed by atoms with van der Waals surface area (Å²) in [5.74, 6) is 0.696. The summed E-state index contributed by atoms with van der Waals surface area (Å²) in [5, 5.41) is 12.2. The third-order valence-electron chi connectivity index (χ3n) is 12.0. The summed E-state index contributed by atoms with van der Waals surface area (Å²) in [6, 6.07) is 76.3. The van der Waals surface area contributed by atoms with E-state index in [0.29, 0.717) is 5.82 Å². The monoisotopic (exact) mass is 749 g/mol. The number of fused-ring (bicyclic) bond motifs is 8. The van der Waals surface area contributed by atoms with Gasteiger partial charge in [0.25, 0.3) is 0 Å². The van der Waals surface area contributed by atoms with Crippen molar-refractivity contribution in [3.05, 3.63) is 212 Å². The van der Waals surface area contributed by atoms with Crippen molar-refractivity contribution in [2.75, 3.05) is 0 Å². The fourth-order valence-electron chi connectivity index (χ4n) is 9.38. The Morgan fingerprint density at radius 1 is 0.322 bits per heavy atom. The molecule has 12 aromatic rings. The van der Waals surface area contributed by atoms with Crippen LogP contribution in [0.5, 0.6) is 0 Å². The van der Waals surface area contributed by atoms with Crippen LogP contribution < -0.4 is 0 Å². The van der Waals surface area contributed by atoms with Gasteiger partial charge in [-0.05, 0) is 90.6 Å². The van der Waals surface area contributed by atoms with E-state index in [4.69, 9.17) is 9.97 Å². The van der Waals surface area contributed by atoms with Crippen molar-refractivity contribution in [1.82, 2.24) is 14.5 Å². The van der Waals surface area contributed by atoms with Crippen LogP contribution in [0.15, 0.2) is 212 Å². The van der Waals surface area contributed by atoms with Gasteiger partial charge in [-0.3, -0.25) is 0 Å². The highest BCUT2D eigenvalue weighted by Gasteiger charge is 2.21. The predicted octanol–water partition coefficient (Wildman–Crippen LogP) is 14.9. The molecule has 0 unspecified atom stereocenters. The lowest BCUT2D eigenvalue weighted by Gasteiger charge is -2.18. The molecule has 0 aliphatic heterocycles. The zero-order chi connectivity index (χ0) is 38.9. The van der Waals surface area contributed by atoms with E-state index in [2.05, 4.69) is 211 Å². The second-order valence-electron chi connectivity index (χ2n) is 15.3. The predicted molar refractivity (Wildman–Crippen MR) is 248 cm³/mol. The van der Waals surface area contributed by atoms with Crippen molar-refractivity contribution >= 4 is 64.9 Å². The number of rotatable bonds is 5. The maximum absolute atomic E-state index is 5.36. The summed E-state index contributed by atoms with van der Waals surface area (Å²) in [6.45, 7) is 0. The summed E-state index contributed by atoms with van der Waals surface area (Å²) < 4.78 is 2.36. The number of hydrogen-bond acceptors (Lipinski definition) is 2. The largest absolute Gasteiger partial charge is 0.309 e. The van der Waals surface area contributed by atoms with Gasteiger partial charge in [0.2, 0.25) is 0 Å². The van der Waals surface area contributed by atoms with E-state index in [0.717, 1.165) is 50.2 Å². The summed E-state index contributed by atoms with van der Waals surface area (Å²) in [6.07, 6.45) is 0. The highest BCUT2D eigenvalue weighted by Crippen LogP contribution is 2.45. The molecule has 2 aromatic heterocycles. The van der Waals surface area contributed by atoms with E-state index < -0.39 is 0 Å². The number of benzene rings is 10. The fourth-order valence-corrected chi connectivity index (χ4v) is 9.38. The second-order valence-corrected chi connectivity index (χ2v) is 15.3. The first-order chi connectivity index (χ1) is 29.3. The first-order valence-corrected chi connectivity index (χ1v) is 20.2. The van der Waals surface area contributed by atoms with Crippen LogP contribution in [0, 0.1) is 0 Å². The van der Waals surface area contributed by atoms with Gasteiger partial charge in [-0.1, -0.05) is 176 Å². The van der Waals surface area contributed by atoms with Gasteiger partial charge >= 0.3 is 0 Å². The average molecular weight is 750 g/mol. The molecule has 0 fully saturated rings. The van der Waals surface area contributed by atoms with E-state index in [1.165, 1.54) is 59.6 Å². The van der Waals surface area contributed by atoms with E-state index in [9.17, 15) is 0 Å². The minimum atomic E-state index is 0.696. The molecule has 0 aliphatic rings. The molecular weight excluding hydrogens is 715 g/mol. The van der Waals surface area contributed by atoms with Crippen LogP contribution in [0.3, 0.4) is 0 Å². The Hall–Kier alpha value is -7.88. The smallest absolute Gasteiger partial charge is 0.160 e. The quantitative estimate of drug-likeness (QED) is 0.130. The Labute approximate surface area is 341 Å². The molecule has 0 saturated carbocycles. The molecular formula is C56H35N3. The molecule has 59 heavy (non-hydrogen) atoms.